The standard InChI is InChI=1S/C20H24N2O6/c1-12(2)18(22-17(23)11-27-14-7-5-4-6-8-14)19(24)21-10-15-9-16(20(25)26)13(3)28-15/h4-9,12,18H,10-11H2,1-3H3,(H,21,24)(H,22,23)(H,25,26)/t18-/m0/s1. The van der Waals surface area contributed by atoms with E-state index in [1.807, 2.05) is 19.9 Å². The summed E-state index contributed by atoms with van der Waals surface area (Å²) in [6, 6.07) is 9.50. The van der Waals surface area contributed by atoms with Gasteiger partial charge in [-0.1, -0.05) is 32.0 Å². The van der Waals surface area contributed by atoms with E-state index in [0.717, 1.165) is 0 Å². The van der Waals surface area contributed by atoms with E-state index in [0.29, 0.717) is 11.5 Å². The van der Waals surface area contributed by atoms with E-state index in [-0.39, 0.29) is 30.4 Å². The van der Waals surface area contributed by atoms with Gasteiger partial charge in [0.15, 0.2) is 6.61 Å². The number of hydrogen-bond acceptors (Lipinski definition) is 5. The molecule has 0 aliphatic heterocycles. The Kier molecular flexibility index (Phi) is 7.20. The van der Waals surface area contributed by atoms with Crippen LogP contribution >= 0.6 is 0 Å². The fraction of sp³-hybridized carbons (Fsp3) is 0.350. The van der Waals surface area contributed by atoms with E-state index >= 15 is 0 Å². The third-order valence-electron chi connectivity index (χ3n) is 4.01. The second-order valence-corrected chi connectivity index (χ2v) is 6.60. The number of carboxylic acid groups (broad SMARTS) is 1. The maximum absolute atomic E-state index is 12.5. The summed E-state index contributed by atoms with van der Waals surface area (Å²) in [5, 5.41) is 14.4. The van der Waals surface area contributed by atoms with Crippen molar-refractivity contribution in [3.63, 3.8) is 0 Å². The van der Waals surface area contributed by atoms with Crippen LogP contribution in [0.4, 0.5) is 0 Å². The minimum Gasteiger partial charge on any atom is -0.484 e. The summed E-state index contributed by atoms with van der Waals surface area (Å²) < 4.78 is 10.7. The van der Waals surface area contributed by atoms with Crippen molar-refractivity contribution in [3.05, 3.63) is 53.5 Å². The number of furan rings is 1. The van der Waals surface area contributed by atoms with Crippen molar-refractivity contribution in [1.82, 2.24) is 10.6 Å². The molecular weight excluding hydrogens is 364 g/mol. The van der Waals surface area contributed by atoms with Crippen LogP contribution in [0.5, 0.6) is 5.75 Å². The minimum atomic E-state index is -1.09. The molecule has 28 heavy (non-hydrogen) atoms. The molecule has 0 saturated heterocycles. The van der Waals surface area contributed by atoms with Crippen molar-refractivity contribution in [2.45, 2.75) is 33.4 Å². The summed E-state index contributed by atoms with van der Waals surface area (Å²) in [7, 11) is 0. The number of amides is 2. The lowest BCUT2D eigenvalue weighted by atomic mass is 10.0. The predicted octanol–water partition coefficient (Wildman–Crippen LogP) is 2.12. The number of benzene rings is 1. The Labute approximate surface area is 162 Å². The molecule has 8 nitrogen and oxygen atoms in total. The van der Waals surface area contributed by atoms with Crippen LogP contribution in [0.3, 0.4) is 0 Å². The number of carboxylic acids is 1. The molecule has 1 aromatic carbocycles. The number of nitrogens with one attached hydrogen (secondary N) is 2. The van der Waals surface area contributed by atoms with Gasteiger partial charge >= 0.3 is 5.97 Å². The first-order chi connectivity index (χ1) is 13.3. The average Bonchev–Trinajstić information content (AvgIpc) is 3.04. The highest BCUT2D eigenvalue weighted by atomic mass is 16.5. The van der Waals surface area contributed by atoms with Crippen molar-refractivity contribution in [1.29, 1.82) is 0 Å². The van der Waals surface area contributed by atoms with Crippen LogP contribution in [0.2, 0.25) is 0 Å². The monoisotopic (exact) mass is 388 g/mol. The number of aryl methyl sites for hydroxylation is 1. The van der Waals surface area contributed by atoms with Crippen LogP contribution < -0.4 is 15.4 Å². The van der Waals surface area contributed by atoms with Crippen LogP contribution in [0.25, 0.3) is 0 Å². The molecule has 150 valence electrons. The molecule has 0 unspecified atom stereocenters. The molecule has 2 aromatic rings. The van der Waals surface area contributed by atoms with Gasteiger partial charge in [-0.2, -0.15) is 0 Å². The molecule has 0 fully saturated rings. The summed E-state index contributed by atoms with van der Waals surface area (Å²) in [4.78, 5) is 35.7. The minimum absolute atomic E-state index is 0.0204. The molecule has 0 aliphatic carbocycles. The van der Waals surface area contributed by atoms with Crippen molar-refractivity contribution < 1.29 is 28.6 Å². The van der Waals surface area contributed by atoms with Gasteiger partial charge in [0, 0.05) is 0 Å². The second kappa shape index (κ2) is 9.59. The Morgan fingerprint density at radius 2 is 1.86 bits per heavy atom. The first kappa shape index (κ1) is 21.0. The number of carbonyl (C=O) groups is 3. The lowest BCUT2D eigenvalue weighted by Crippen LogP contribution is -2.50. The third-order valence-corrected chi connectivity index (χ3v) is 4.01. The van der Waals surface area contributed by atoms with Crippen molar-refractivity contribution in [2.75, 3.05) is 6.61 Å². The average molecular weight is 388 g/mol. The van der Waals surface area contributed by atoms with E-state index in [9.17, 15) is 14.4 Å². The van der Waals surface area contributed by atoms with Gasteiger partial charge in [-0.15, -0.1) is 0 Å². The number of para-hydroxylation sites is 1. The van der Waals surface area contributed by atoms with E-state index in [4.69, 9.17) is 14.3 Å². The summed E-state index contributed by atoms with van der Waals surface area (Å²) in [6.45, 7) is 4.97. The Hall–Kier alpha value is -3.29. The van der Waals surface area contributed by atoms with Gasteiger partial charge in [0.25, 0.3) is 5.91 Å². The number of hydrogen-bond donors (Lipinski definition) is 3. The quantitative estimate of drug-likeness (QED) is 0.606. The summed E-state index contributed by atoms with van der Waals surface area (Å²) in [5.74, 6) is -0.912. The molecule has 8 heteroatoms. The maximum Gasteiger partial charge on any atom is 0.339 e. The topological polar surface area (TPSA) is 118 Å². The summed E-state index contributed by atoms with van der Waals surface area (Å²) in [5.41, 5.74) is 0.0519. The van der Waals surface area contributed by atoms with E-state index in [1.54, 1.807) is 31.2 Å². The highest BCUT2D eigenvalue weighted by Gasteiger charge is 2.24. The Bertz CT molecular complexity index is 828. The zero-order valence-corrected chi connectivity index (χ0v) is 16.0. The smallest absolute Gasteiger partial charge is 0.339 e. The highest BCUT2D eigenvalue weighted by Crippen LogP contribution is 2.14. The van der Waals surface area contributed by atoms with Gasteiger partial charge in [0.2, 0.25) is 5.91 Å². The Morgan fingerprint density at radius 3 is 2.43 bits per heavy atom. The largest absolute Gasteiger partial charge is 0.484 e. The molecule has 1 atom stereocenters. The SMILES string of the molecule is Cc1oc(CNC(=O)[C@@H](NC(=O)COc2ccccc2)C(C)C)cc1C(=O)O. The molecule has 0 radical (unpaired) electrons. The van der Waals surface area contributed by atoms with Crippen LogP contribution in [-0.4, -0.2) is 35.5 Å². The molecule has 1 aromatic heterocycles. The van der Waals surface area contributed by atoms with Crippen molar-refractivity contribution in [3.8, 4) is 5.75 Å². The second-order valence-electron chi connectivity index (χ2n) is 6.60. The van der Waals surface area contributed by atoms with Crippen LogP contribution in [-0.2, 0) is 16.1 Å². The predicted molar refractivity (Wildman–Crippen MR) is 101 cm³/mol. The molecule has 0 saturated carbocycles. The van der Waals surface area contributed by atoms with Crippen molar-refractivity contribution in [2.24, 2.45) is 5.92 Å². The Morgan fingerprint density at radius 1 is 1.18 bits per heavy atom. The van der Waals surface area contributed by atoms with Gasteiger partial charge < -0.3 is 24.9 Å². The zero-order valence-electron chi connectivity index (χ0n) is 16.0. The number of aromatic carboxylic acids is 1. The zero-order chi connectivity index (χ0) is 20.7. The van der Waals surface area contributed by atoms with E-state index in [1.165, 1.54) is 6.07 Å². The fourth-order valence-corrected chi connectivity index (χ4v) is 2.54. The molecule has 0 spiro atoms. The van der Waals surface area contributed by atoms with Crippen molar-refractivity contribution >= 4 is 17.8 Å². The van der Waals surface area contributed by atoms with E-state index < -0.39 is 23.8 Å². The molecule has 2 amide bonds. The van der Waals surface area contributed by atoms with Crippen LogP contribution in [0, 0.1) is 12.8 Å². The molecule has 0 bridgehead atoms. The van der Waals surface area contributed by atoms with Crippen LogP contribution in [0.1, 0.15) is 35.7 Å². The summed E-state index contributed by atoms with van der Waals surface area (Å²) in [6.07, 6.45) is 0. The molecule has 1 heterocycles. The van der Waals surface area contributed by atoms with Gasteiger partial charge in [-0.05, 0) is 31.0 Å². The fourth-order valence-electron chi connectivity index (χ4n) is 2.54. The van der Waals surface area contributed by atoms with Gasteiger partial charge in [-0.3, -0.25) is 9.59 Å². The molecule has 0 aliphatic rings. The first-order valence-corrected chi connectivity index (χ1v) is 8.85. The highest BCUT2D eigenvalue weighted by molar-refractivity contribution is 5.89. The molecule has 2 rings (SSSR count). The van der Waals surface area contributed by atoms with E-state index in [2.05, 4.69) is 10.6 Å². The third kappa shape index (κ3) is 5.87. The lowest BCUT2D eigenvalue weighted by molar-refractivity contribution is -0.131. The van der Waals surface area contributed by atoms with Gasteiger partial charge in [0.05, 0.1) is 6.54 Å². The maximum atomic E-state index is 12.5. The number of ether oxygens (including phenoxy) is 1. The lowest BCUT2D eigenvalue weighted by Gasteiger charge is -2.21. The number of rotatable bonds is 9. The number of carbonyl (C=O) groups excluding carboxylic acids is 2. The summed E-state index contributed by atoms with van der Waals surface area (Å²) >= 11 is 0. The van der Waals surface area contributed by atoms with Gasteiger partial charge in [-0.25, -0.2) is 4.79 Å². The molecular formula is C20H24N2O6. The Balaban J connectivity index is 1.89. The van der Waals surface area contributed by atoms with Crippen LogP contribution in [0.15, 0.2) is 40.8 Å². The van der Waals surface area contributed by atoms with Gasteiger partial charge in [0.1, 0.15) is 28.9 Å². The first-order valence-electron chi connectivity index (χ1n) is 8.85. The molecule has 3 N–H and O–H groups in total. The normalized spacial score (nSPS) is 11.7.